The summed E-state index contributed by atoms with van der Waals surface area (Å²) in [4.78, 5) is 16.6. The summed E-state index contributed by atoms with van der Waals surface area (Å²) in [6.45, 7) is 0.0873. The summed E-state index contributed by atoms with van der Waals surface area (Å²) in [7, 11) is -3.41. The molecule has 3 heterocycles. The number of benzene rings is 1. The van der Waals surface area contributed by atoms with Crippen LogP contribution in [0.5, 0.6) is 5.75 Å². The van der Waals surface area contributed by atoms with Crippen LogP contribution in [0.15, 0.2) is 42.6 Å². The van der Waals surface area contributed by atoms with Gasteiger partial charge in [-0.3, -0.25) is 14.5 Å². The Hall–Kier alpha value is -2.69. The summed E-state index contributed by atoms with van der Waals surface area (Å²) < 4.78 is 37.6. The number of hydrogen-bond acceptors (Lipinski definition) is 7. The number of aliphatic hydroxyl groups is 1. The molecule has 1 amide bonds. The van der Waals surface area contributed by atoms with Gasteiger partial charge in [0, 0.05) is 23.4 Å². The van der Waals surface area contributed by atoms with Crippen molar-refractivity contribution in [2.75, 3.05) is 17.6 Å². The fourth-order valence-corrected chi connectivity index (χ4v) is 4.69. The van der Waals surface area contributed by atoms with Crippen LogP contribution in [0.2, 0.25) is 0 Å². The molecule has 2 aliphatic rings. The standard InChI is InChI=1S/C21H25N3O6S/c1-31(27,28)24-13-5-6-18-16(8-13)17-9-15(29-19(12-25)21(17)30-18)10-20(26)23-11-14-4-2-3-7-22-14/h2-8,15,17,19,21,24-25H,9-12H2,1H3,(H,23,26)/t15-,17-,19-,21+/m0/s1. The lowest BCUT2D eigenvalue weighted by Crippen LogP contribution is -2.47. The smallest absolute Gasteiger partial charge is 0.229 e. The third-order valence-electron chi connectivity index (χ3n) is 5.41. The first-order chi connectivity index (χ1) is 14.8. The molecule has 166 valence electrons. The Morgan fingerprint density at radius 3 is 2.84 bits per heavy atom. The van der Waals surface area contributed by atoms with E-state index in [0.29, 0.717) is 24.4 Å². The van der Waals surface area contributed by atoms with Gasteiger partial charge in [0.1, 0.15) is 18.0 Å². The molecule has 4 atom stereocenters. The number of ether oxygens (including phenoxy) is 2. The van der Waals surface area contributed by atoms with E-state index in [-0.39, 0.29) is 31.0 Å². The van der Waals surface area contributed by atoms with Gasteiger partial charge in [-0.15, -0.1) is 0 Å². The quantitative estimate of drug-likeness (QED) is 0.581. The Balaban J connectivity index is 1.45. The van der Waals surface area contributed by atoms with E-state index < -0.39 is 22.2 Å². The van der Waals surface area contributed by atoms with E-state index in [1.54, 1.807) is 24.4 Å². The van der Waals surface area contributed by atoms with Crippen LogP contribution in [0.3, 0.4) is 0 Å². The van der Waals surface area contributed by atoms with Crippen LogP contribution in [-0.4, -0.2) is 55.6 Å². The van der Waals surface area contributed by atoms with E-state index in [1.165, 1.54) is 0 Å². The predicted molar refractivity (Wildman–Crippen MR) is 113 cm³/mol. The average molecular weight is 448 g/mol. The van der Waals surface area contributed by atoms with Gasteiger partial charge in [0.15, 0.2) is 0 Å². The lowest BCUT2D eigenvalue weighted by atomic mass is 9.84. The Bertz CT molecular complexity index is 1050. The number of nitrogens with zero attached hydrogens (tertiary/aromatic N) is 1. The first kappa shape index (κ1) is 21.5. The topological polar surface area (TPSA) is 127 Å². The number of hydrogen-bond donors (Lipinski definition) is 3. The number of amides is 1. The summed E-state index contributed by atoms with van der Waals surface area (Å²) in [6, 6.07) is 10.6. The summed E-state index contributed by atoms with van der Waals surface area (Å²) in [5.74, 6) is 0.351. The van der Waals surface area contributed by atoms with Gasteiger partial charge in [0.2, 0.25) is 15.9 Å². The highest BCUT2D eigenvalue weighted by atomic mass is 32.2. The molecular formula is C21H25N3O6S. The van der Waals surface area contributed by atoms with Crippen molar-refractivity contribution in [2.45, 2.75) is 43.6 Å². The van der Waals surface area contributed by atoms with Gasteiger partial charge in [0.05, 0.1) is 37.6 Å². The normalized spacial score (nSPS) is 24.6. The maximum Gasteiger partial charge on any atom is 0.229 e. The average Bonchev–Trinajstić information content (AvgIpc) is 3.09. The summed E-state index contributed by atoms with van der Waals surface area (Å²) in [6.07, 6.45) is 2.06. The van der Waals surface area contributed by atoms with Crippen molar-refractivity contribution in [3.8, 4) is 5.75 Å². The molecule has 2 aliphatic heterocycles. The molecule has 1 saturated heterocycles. The van der Waals surface area contributed by atoms with E-state index in [9.17, 15) is 18.3 Å². The van der Waals surface area contributed by atoms with Gasteiger partial charge < -0.3 is 19.9 Å². The predicted octanol–water partition coefficient (Wildman–Crippen LogP) is 1.15. The summed E-state index contributed by atoms with van der Waals surface area (Å²) in [5, 5.41) is 12.7. The maximum atomic E-state index is 12.4. The molecule has 1 fully saturated rings. The Morgan fingerprint density at radius 1 is 1.29 bits per heavy atom. The molecule has 0 unspecified atom stereocenters. The summed E-state index contributed by atoms with van der Waals surface area (Å²) in [5.41, 5.74) is 2.05. The number of pyridine rings is 1. The third kappa shape index (κ3) is 5.15. The molecule has 10 heteroatoms. The van der Waals surface area contributed by atoms with Crippen molar-refractivity contribution in [3.05, 3.63) is 53.9 Å². The molecule has 1 aromatic heterocycles. The first-order valence-corrected chi connectivity index (χ1v) is 11.9. The van der Waals surface area contributed by atoms with Crippen molar-refractivity contribution in [1.82, 2.24) is 10.3 Å². The zero-order valence-corrected chi connectivity index (χ0v) is 17.8. The zero-order chi connectivity index (χ0) is 22.0. The van der Waals surface area contributed by atoms with E-state index in [2.05, 4.69) is 15.0 Å². The molecule has 2 aromatic rings. The monoisotopic (exact) mass is 447 g/mol. The fourth-order valence-electron chi connectivity index (χ4n) is 4.14. The number of anilines is 1. The number of aliphatic hydroxyl groups excluding tert-OH is 1. The number of aromatic nitrogens is 1. The van der Waals surface area contributed by atoms with Gasteiger partial charge >= 0.3 is 0 Å². The van der Waals surface area contributed by atoms with Gasteiger partial charge in [-0.2, -0.15) is 0 Å². The highest BCUT2D eigenvalue weighted by molar-refractivity contribution is 7.92. The van der Waals surface area contributed by atoms with Crippen LogP contribution >= 0.6 is 0 Å². The van der Waals surface area contributed by atoms with Crippen molar-refractivity contribution < 1.29 is 27.8 Å². The minimum atomic E-state index is -3.41. The minimum absolute atomic E-state index is 0.115. The minimum Gasteiger partial charge on any atom is -0.487 e. The second-order valence-corrected chi connectivity index (χ2v) is 9.58. The lowest BCUT2D eigenvalue weighted by molar-refractivity contribution is -0.142. The highest BCUT2D eigenvalue weighted by Gasteiger charge is 2.46. The molecule has 1 aromatic carbocycles. The highest BCUT2D eigenvalue weighted by Crippen LogP contribution is 2.47. The van der Waals surface area contributed by atoms with E-state index in [0.717, 1.165) is 17.5 Å². The largest absolute Gasteiger partial charge is 0.487 e. The van der Waals surface area contributed by atoms with Crippen LogP contribution in [0.1, 0.15) is 30.0 Å². The van der Waals surface area contributed by atoms with E-state index in [1.807, 2.05) is 18.2 Å². The SMILES string of the molecule is CS(=O)(=O)Nc1ccc2c(c1)[C@@H]1C[C@@H](CC(=O)NCc3ccccn3)O[C@@H](CO)[C@@H]1O2. The lowest BCUT2D eigenvalue weighted by Gasteiger charge is -2.37. The van der Waals surface area contributed by atoms with Crippen LogP contribution in [0, 0.1) is 0 Å². The number of rotatable bonds is 7. The van der Waals surface area contributed by atoms with Crippen molar-refractivity contribution in [1.29, 1.82) is 0 Å². The van der Waals surface area contributed by atoms with Crippen LogP contribution in [-0.2, 0) is 26.1 Å². The van der Waals surface area contributed by atoms with Crippen molar-refractivity contribution in [2.24, 2.45) is 0 Å². The van der Waals surface area contributed by atoms with Gasteiger partial charge in [-0.1, -0.05) is 6.07 Å². The summed E-state index contributed by atoms with van der Waals surface area (Å²) >= 11 is 0. The van der Waals surface area contributed by atoms with Gasteiger partial charge in [-0.05, 0) is 36.8 Å². The van der Waals surface area contributed by atoms with Crippen LogP contribution < -0.4 is 14.8 Å². The molecule has 9 nitrogen and oxygen atoms in total. The number of nitrogens with one attached hydrogen (secondary N) is 2. The van der Waals surface area contributed by atoms with E-state index >= 15 is 0 Å². The molecule has 0 spiro atoms. The van der Waals surface area contributed by atoms with Crippen LogP contribution in [0.4, 0.5) is 5.69 Å². The molecule has 0 bridgehead atoms. The van der Waals surface area contributed by atoms with E-state index in [4.69, 9.17) is 9.47 Å². The van der Waals surface area contributed by atoms with Gasteiger partial charge in [-0.25, -0.2) is 8.42 Å². The number of fused-ring (bicyclic) bond motifs is 3. The number of sulfonamides is 1. The molecule has 4 rings (SSSR count). The Morgan fingerprint density at radius 2 is 2.13 bits per heavy atom. The Kier molecular flexibility index (Phi) is 6.12. The number of carbonyl (C=O) groups excluding carboxylic acids is 1. The van der Waals surface area contributed by atoms with Crippen molar-refractivity contribution >= 4 is 21.6 Å². The molecule has 0 aliphatic carbocycles. The second-order valence-electron chi connectivity index (χ2n) is 7.83. The zero-order valence-electron chi connectivity index (χ0n) is 17.0. The van der Waals surface area contributed by atoms with Crippen molar-refractivity contribution in [3.63, 3.8) is 0 Å². The number of carbonyl (C=O) groups is 1. The molecule has 0 saturated carbocycles. The first-order valence-electron chi connectivity index (χ1n) is 10.0. The van der Waals surface area contributed by atoms with Crippen LogP contribution in [0.25, 0.3) is 0 Å². The molecule has 0 radical (unpaired) electrons. The fraction of sp³-hybridized carbons (Fsp3) is 0.429. The molecular weight excluding hydrogens is 422 g/mol. The Labute approximate surface area is 180 Å². The third-order valence-corrected chi connectivity index (χ3v) is 6.01. The maximum absolute atomic E-state index is 12.4. The molecule has 3 N–H and O–H groups in total. The second kappa shape index (κ2) is 8.81. The van der Waals surface area contributed by atoms with Gasteiger partial charge in [0.25, 0.3) is 0 Å². The molecule has 31 heavy (non-hydrogen) atoms.